The van der Waals surface area contributed by atoms with E-state index in [9.17, 15) is 0 Å². The highest BCUT2D eigenvalue weighted by molar-refractivity contribution is 7.80. The number of nitrogens with two attached hydrogens (primary N) is 1. The lowest BCUT2D eigenvalue weighted by Gasteiger charge is -2.37. The van der Waals surface area contributed by atoms with Crippen LogP contribution in [0.3, 0.4) is 0 Å². The molecule has 2 aromatic rings. The summed E-state index contributed by atoms with van der Waals surface area (Å²) in [5.41, 5.74) is 5.91. The fourth-order valence-electron chi connectivity index (χ4n) is 2.31. The van der Waals surface area contributed by atoms with E-state index >= 15 is 0 Å². The van der Waals surface area contributed by atoms with Crippen molar-refractivity contribution in [2.45, 2.75) is 13.1 Å². The quantitative estimate of drug-likeness (QED) is 0.505. The molecule has 5 heteroatoms. The number of hydrazine groups is 1. The summed E-state index contributed by atoms with van der Waals surface area (Å²) in [5, 5.41) is 0.385. The summed E-state index contributed by atoms with van der Waals surface area (Å²) in [4.78, 5) is 1.87. The van der Waals surface area contributed by atoms with Crippen LogP contribution in [0.1, 0.15) is 17.3 Å². The zero-order valence-corrected chi connectivity index (χ0v) is 11.9. The zero-order valence-electron chi connectivity index (χ0n) is 11.0. The van der Waals surface area contributed by atoms with E-state index in [-0.39, 0.29) is 6.17 Å². The van der Waals surface area contributed by atoms with E-state index in [1.165, 1.54) is 5.56 Å². The Morgan fingerprint density at radius 1 is 1.15 bits per heavy atom. The van der Waals surface area contributed by atoms with Gasteiger partial charge in [-0.15, -0.1) is 0 Å². The van der Waals surface area contributed by atoms with E-state index in [4.69, 9.17) is 22.8 Å². The Morgan fingerprint density at radius 3 is 2.55 bits per heavy atom. The number of aryl methyl sites for hydroxylation is 1. The molecule has 0 bridgehead atoms. The first-order valence-corrected chi connectivity index (χ1v) is 6.74. The highest BCUT2D eigenvalue weighted by Gasteiger charge is 2.32. The highest BCUT2D eigenvalue weighted by Crippen LogP contribution is 2.35. The van der Waals surface area contributed by atoms with Crippen molar-refractivity contribution in [2.24, 2.45) is 5.84 Å². The van der Waals surface area contributed by atoms with Crippen molar-refractivity contribution in [2.75, 3.05) is 4.90 Å². The predicted molar refractivity (Wildman–Crippen MR) is 83.4 cm³/mol. The van der Waals surface area contributed by atoms with Gasteiger partial charge in [0.2, 0.25) is 0 Å². The molecule has 0 aromatic heterocycles. The molecule has 0 saturated carbocycles. The Balaban J connectivity index is 2.07. The fraction of sp³-hybridized carbons (Fsp3) is 0.133. The Kier molecular flexibility index (Phi) is 3.40. The number of nitrogens with zero attached hydrogens (tertiary/aromatic N) is 1. The molecule has 0 aliphatic carbocycles. The lowest BCUT2D eigenvalue weighted by Crippen LogP contribution is -2.49. The van der Waals surface area contributed by atoms with Gasteiger partial charge in [0, 0.05) is 11.3 Å². The molecule has 102 valence electrons. The monoisotopic (exact) mass is 285 g/mol. The van der Waals surface area contributed by atoms with E-state index in [0.29, 0.717) is 5.17 Å². The molecule has 3 N–H and O–H groups in total. The van der Waals surface area contributed by atoms with E-state index in [1.807, 2.05) is 60.4 Å². The van der Waals surface area contributed by atoms with Gasteiger partial charge in [-0.3, -0.25) is 10.7 Å². The van der Waals surface area contributed by atoms with E-state index in [1.54, 1.807) is 0 Å². The third-order valence-corrected chi connectivity index (χ3v) is 3.62. The standard InChI is InChI=1S/C15H15N3OS/c1-10-6-8-11(9-7-10)18-14(17-16)12-4-2-3-5-13(12)19-15(18)20/h2-9,14,17H,16H2,1H3. The summed E-state index contributed by atoms with van der Waals surface area (Å²) in [7, 11) is 0. The number of fused-ring (bicyclic) bond motifs is 1. The lowest BCUT2D eigenvalue weighted by molar-refractivity contribution is 0.449. The third-order valence-electron chi connectivity index (χ3n) is 3.34. The van der Waals surface area contributed by atoms with Crippen molar-refractivity contribution >= 4 is 23.1 Å². The summed E-state index contributed by atoms with van der Waals surface area (Å²) in [5.74, 6) is 6.47. The second-order valence-electron chi connectivity index (χ2n) is 4.68. The topological polar surface area (TPSA) is 50.5 Å². The van der Waals surface area contributed by atoms with Gasteiger partial charge in [-0.05, 0) is 37.3 Å². The van der Waals surface area contributed by atoms with Gasteiger partial charge in [-0.2, -0.15) is 0 Å². The molecule has 1 unspecified atom stereocenters. The van der Waals surface area contributed by atoms with Crippen molar-refractivity contribution in [1.29, 1.82) is 0 Å². The maximum atomic E-state index is 5.73. The molecule has 0 spiro atoms. The van der Waals surface area contributed by atoms with Crippen LogP contribution in [0.4, 0.5) is 5.69 Å². The zero-order chi connectivity index (χ0) is 14.1. The van der Waals surface area contributed by atoms with Crippen LogP contribution in [0.2, 0.25) is 0 Å². The second-order valence-corrected chi connectivity index (χ2v) is 5.03. The van der Waals surface area contributed by atoms with Crippen LogP contribution >= 0.6 is 12.2 Å². The molecule has 1 heterocycles. The number of anilines is 1. The first kappa shape index (κ1) is 13.1. The number of benzene rings is 2. The van der Waals surface area contributed by atoms with E-state index < -0.39 is 0 Å². The van der Waals surface area contributed by atoms with Crippen LogP contribution < -0.4 is 20.9 Å². The van der Waals surface area contributed by atoms with Gasteiger partial charge in [-0.1, -0.05) is 35.9 Å². The Morgan fingerprint density at radius 2 is 1.85 bits per heavy atom. The Hall–Kier alpha value is -1.95. The Bertz CT molecular complexity index is 642. The van der Waals surface area contributed by atoms with Crippen LogP contribution in [0.25, 0.3) is 0 Å². The van der Waals surface area contributed by atoms with Crippen molar-refractivity contribution in [1.82, 2.24) is 5.43 Å². The number of rotatable bonds is 2. The minimum atomic E-state index is -0.241. The molecule has 1 aliphatic rings. The normalized spacial score (nSPS) is 17.6. The Labute approximate surface area is 123 Å². The SMILES string of the molecule is Cc1ccc(N2C(=S)Oc3ccccc3C2NN)cc1. The van der Waals surface area contributed by atoms with Crippen LogP contribution in [0.5, 0.6) is 5.75 Å². The fourth-order valence-corrected chi connectivity index (χ4v) is 2.61. The number of thiocarbonyl (C=S) groups is 1. The number of ether oxygens (including phenoxy) is 1. The summed E-state index contributed by atoms with van der Waals surface area (Å²) >= 11 is 5.37. The molecule has 1 aliphatic heterocycles. The molecule has 0 saturated heterocycles. The maximum absolute atomic E-state index is 5.73. The van der Waals surface area contributed by atoms with E-state index in [2.05, 4.69) is 5.43 Å². The first-order valence-electron chi connectivity index (χ1n) is 6.33. The summed E-state index contributed by atoms with van der Waals surface area (Å²) in [6.07, 6.45) is -0.241. The summed E-state index contributed by atoms with van der Waals surface area (Å²) in [6.45, 7) is 2.04. The smallest absolute Gasteiger partial charge is 0.271 e. The second kappa shape index (κ2) is 5.20. The van der Waals surface area contributed by atoms with Crippen LogP contribution in [0.15, 0.2) is 48.5 Å². The van der Waals surface area contributed by atoms with Crippen LogP contribution in [-0.2, 0) is 0 Å². The number of para-hydroxylation sites is 1. The maximum Gasteiger partial charge on any atom is 0.271 e. The molecule has 0 amide bonds. The van der Waals surface area contributed by atoms with Crippen LogP contribution in [0, 0.1) is 6.92 Å². The summed E-state index contributed by atoms with van der Waals surface area (Å²) < 4.78 is 5.72. The van der Waals surface area contributed by atoms with Gasteiger partial charge < -0.3 is 4.74 Å². The molecular weight excluding hydrogens is 270 g/mol. The number of nitrogens with one attached hydrogen (secondary N) is 1. The first-order chi connectivity index (χ1) is 9.70. The molecule has 0 fully saturated rings. The molecule has 20 heavy (non-hydrogen) atoms. The minimum Gasteiger partial charge on any atom is -0.431 e. The van der Waals surface area contributed by atoms with Gasteiger partial charge in [0.15, 0.2) is 0 Å². The highest BCUT2D eigenvalue weighted by atomic mass is 32.1. The average Bonchev–Trinajstić information content (AvgIpc) is 2.47. The molecule has 3 rings (SSSR count). The lowest BCUT2D eigenvalue weighted by atomic mass is 10.1. The van der Waals surface area contributed by atoms with Gasteiger partial charge in [0.05, 0.1) is 0 Å². The van der Waals surface area contributed by atoms with Crippen molar-refractivity contribution in [3.05, 3.63) is 59.7 Å². The number of hydrogen-bond acceptors (Lipinski definition) is 4. The average molecular weight is 285 g/mol. The van der Waals surface area contributed by atoms with Crippen molar-refractivity contribution < 1.29 is 4.74 Å². The van der Waals surface area contributed by atoms with E-state index in [0.717, 1.165) is 17.0 Å². The summed E-state index contributed by atoms with van der Waals surface area (Å²) in [6, 6.07) is 15.8. The van der Waals surface area contributed by atoms with Gasteiger partial charge >= 0.3 is 0 Å². The predicted octanol–water partition coefficient (Wildman–Crippen LogP) is 2.64. The van der Waals surface area contributed by atoms with Crippen LogP contribution in [-0.4, -0.2) is 5.17 Å². The van der Waals surface area contributed by atoms with Gasteiger partial charge in [0.25, 0.3) is 5.17 Å². The third kappa shape index (κ3) is 2.16. The number of hydrogen-bond donors (Lipinski definition) is 2. The van der Waals surface area contributed by atoms with Gasteiger partial charge in [0.1, 0.15) is 11.9 Å². The largest absolute Gasteiger partial charge is 0.431 e. The molecule has 1 atom stereocenters. The molecule has 0 radical (unpaired) electrons. The van der Waals surface area contributed by atoms with Gasteiger partial charge in [-0.25, -0.2) is 5.43 Å². The van der Waals surface area contributed by atoms with Crippen molar-refractivity contribution in [3.8, 4) is 5.75 Å². The molecule has 4 nitrogen and oxygen atoms in total. The molecule has 2 aromatic carbocycles. The minimum absolute atomic E-state index is 0.241. The van der Waals surface area contributed by atoms with Crippen molar-refractivity contribution in [3.63, 3.8) is 0 Å². The molecular formula is C15H15N3OS.